The van der Waals surface area contributed by atoms with E-state index in [0.29, 0.717) is 23.6 Å². The van der Waals surface area contributed by atoms with Crippen molar-refractivity contribution in [2.24, 2.45) is 11.7 Å². The maximum Gasteiger partial charge on any atom is 0.139 e. The Balaban J connectivity index is 0.000000591. The van der Waals surface area contributed by atoms with Gasteiger partial charge in [0.1, 0.15) is 5.78 Å². The number of nitrogens with two attached hydrogens (primary N) is 1. The van der Waals surface area contributed by atoms with Crippen molar-refractivity contribution in [3.8, 4) is 0 Å². The Labute approximate surface area is 207 Å². The number of ketones is 1. The fourth-order valence-corrected chi connectivity index (χ4v) is 5.54. The van der Waals surface area contributed by atoms with E-state index in [4.69, 9.17) is 5.73 Å². The summed E-state index contributed by atoms with van der Waals surface area (Å²) in [7, 11) is 0. The van der Waals surface area contributed by atoms with Crippen LogP contribution in [0.5, 0.6) is 0 Å². The zero-order chi connectivity index (χ0) is 24.6. The number of fused-ring (bicyclic) bond motifs is 3. The highest BCUT2D eigenvalue weighted by atomic mass is 32.2. The van der Waals surface area contributed by atoms with Crippen LogP contribution < -0.4 is 5.73 Å². The van der Waals surface area contributed by atoms with Crippen LogP contribution in [0, 0.1) is 5.92 Å². The Morgan fingerprint density at radius 2 is 1.82 bits per heavy atom. The van der Waals surface area contributed by atoms with E-state index >= 15 is 0 Å². The van der Waals surface area contributed by atoms with Crippen LogP contribution >= 0.6 is 11.8 Å². The number of thioether (sulfide) groups is 1. The molecular weight excluding hydrogens is 424 g/mol. The van der Waals surface area contributed by atoms with Gasteiger partial charge in [0.15, 0.2) is 0 Å². The number of rotatable bonds is 8. The molecule has 1 aromatic carbocycles. The summed E-state index contributed by atoms with van der Waals surface area (Å²) >= 11 is 1.81. The van der Waals surface area contributed by atoms with E-state index < -0.39 is 0 Å². The summed E-state index contributed by atoms with van der Waals surface area (Å²) in [5.41, 5.74) is 10.1. The molecule has 1 saturated heterocycles. The highest BCUT2D eigenvalue weighted by molar-refractivity contribution is 7.99. The lowest BCUT2D eigenvalue weighted by molar-refractivity contribution is -0.114. The summed E-state index contributed by atoms with van der Waals surface area (Å²) in [6.07, 6.45) is 11.2. The average Bonchev–Trinajstić information content (AvgIpc) is 2.84. The number of likely N-dealkylation sites (tertiary alicyclic amines) is 1. The molecule has 3 rings (SSSR count). The second kappa shape index (κ2) is 16.8. The molecule has 184 valence electrons. The predicted octanol–water partition coefficient (Wildman–Crippen LogP) is 7.06. The first kappa shape index (κ1) is 29.3. The molecule has 33 heavy (non-hydrogen) atoms. The third-order valence-corrected chi connectivity index (χ3v) is 7.50. The van der Waals surface area contributed by atoms with Gasteiger partial charge in [-0.25, -0.2) is 0 Å². The lowest BCUT2D eigenvalue weighted by Crippen LogP contribution is -2.50. The first-order valence-corrected chi connectivity index (χ1v) is 13.7. The molecule has 1 aliphatic heterocycles. The Kier molecular flexibility index (Phi) is 14.9. The van der Waals surface area contributed by atoms with E-state index in [-0.39, 0.29) is 5.78 Å². The van der Waals surface area contributed by atoms with Gasteiger partial charge < -0.3 is 5.73 Å². The summed E-state index contributed by atoms with van der Waals surface area (Å²) in [4.78, 5) is 14.0. The quantitative estimate of drug-likeness (QED) is 0.413. The molecular formula is C29H46N2OS. The van der Waals surface area contributed by atoms with Crippen LogP contribution in [0.4, 0.5) is 0 Å². The maximum absolute atomic E-state index is 11.3. The van der Waals surface area contributed by atoms with Crippen molar-refractivity contribution in [3.63, 3.8) is 0 Å². The van der Waals surface area contributed by atoms with E-state index in [2.05, 4.69) is 63.1 Å². The van der Waals surface area contributed by atoms with Gasteiger partial charge in [0.2, 0.25) is 0 Å². The predicted molar refractivity (Wildman–Crippen MR) is 149 cm³/mol. The zero-order valence-corrected chi connectivity index (χ0v) is 22.2. The molecule has 0 spiro atoms. The molecule has 1 heterocycles. The minimum absolute atomic E-state index is 0.282. The fourth-order valence-electron chi connectivity index (χ4n) is 4.56. The van der Waals surface area contributed by atoms with Crippen molar-refractivity contribution >= 4 is 23.1 Å². The summed E-state index contributed by atoms with van der Waals surface area (Å²) in [6.45, 7) is 17.3. The number of hydrogen-bond donors (Lipinski definition) is 1. The lowest BCUT2D eigenvalue weighted by Gasteiger charge is -2.48. The molecule has 2 aliphatic rings. The van der Waals surface area contributed by atoms with Crippen LogP contribution in [0.25, 0.3) is 5.57 Å². The molecule has 0 aromatic heterocycles. The lowest BCUT2D eigenvalue weighted by atomic mass is 9.70. The number of nitrogens with zero attached hydrogens (tertiary/aromatic N) is 1. The van der Waals surface area contributed by atoms with Crippen LogP contribution in [0.15, 0.2) is 55.8 Å². The largest absolute Gasteiger partial charge is 0.404 e. The Morgan fingerprint density at radius 1 is 1.15 bits per heavy atom. The number of carbonyl (C=O) groups is 1. The number of allylic oxidation sites excluding steroid dienone is 2. The normalized spacial score (nSPS) is 22.5. The first-order valence-electron chi connectivity index (χ1n) is 12.5. The van der Waals surface area contributed by atoms with E-state index in [1.54, 1.807) is 30.8 Å². The molecule has 1 aromatic rings. The molecule has 0 amide bonds. The van der Waals surface area contributed by atoms with E-state index in [0.717, 1.165) is 25.3 Å². The van der Waals surface area contributed by atoms with Gasteiger partial charge in [0.25, 0.3) is 0 Å². The van der Waals surface area contributed by atoms with Crippen molar-refractivity contribution in [3.05, 3.63) is 66.9 Å². The molecule has 0 radical (unpaired) electrons. The third kappa shape index (κ3) is 9.54. The monoisotopic (exact) mass is 470 g/mol. The van der Waals surface area contributed by atoms with Crippen LogP contribution in [-0.2, 0) is 4.79 Å². The van der Waals surface area contributed by atoms with Crippen molar-refractivity contribution in [2.45, 2.75) is 71.8 Å². The molecule has 4 heteroatoms. The second-order valence-corrected chi connectivity index (χ2v) is 9.97. The van der Waals surface area contributed by atoms with Gasteiger partial charge in [0, 0.05) is 18.5 Å². The van der Waals surface area contributed by atoms with E-state index in [1.807, 2.05) is 6.20 Å². The summed E-state index contributed by atoms with van der Waals surface area (Å²) in [5.74, 6) is 3.27. The minimum Gasteiger partial charge on any atom is -0.404 e. The standard InChI is InChI=1S/C21H30N2OS.C4H10.C4H6/c1-3-8-23-12-16(14-25-13-15(2)24)9-20-19-7-5-4-6-18(19)17(11-22)10-21(20)23;2*1-3-4-2/h4-7,11,16,20-21H,3,8-10,12-14,22H2,1-2H3;3-4H2,1-2H3;3-4H,1-2H2/b17-11-;;. The van der Waals surface area contributed by atoms with Crippen LogP contribution in [-0.4, -0.2) is 41.3 Å². The second-order valence-electron chi connectivity index (χ2n) is 8.94. The van der Waals surface area contributed by atoms with Gasteiger partial charge in [-0.2, -0.15) is 11.8 Å². The fraction of sp³-hybridized carbons (Fsp3) is 0.552. The van der Waals surface area contributed by atoms with E-state index in [9.17, 15) is 4.79 Å². The number of benzene rings is 1. The van der Waals surface area contributed by atoms with Crippen molar-refractivity contribution in [1.29, 1.82) is 0 Å². The zero-order valence-electron chi connectivity index (χ0n) is 21.4. The molecule has 3 unspecified atom stereocenters. The summed E-state index contributed by atoms with van der Waals surface area (Å²) in [5, 5.41) is 0. The van der Waals surface area contributed by atoms with Gasteiger partial charge >= 0.3 is 0 Å². The van der Waals surface area contributed by atoms with Gasteiger partial charge in [-0.05, 0) is 67.3 Å². The summed E-state index contributed by atoms with van der Waals surface area (Å²) < 4.78 is 0. The van der Waals surface area contributed by atoms with Crippen LogP contribution in [0.3, 0.4) is 0 Å². The number of Topliss-reactive ketones (excluding diaryl/α,β-unsaturated/α-hetero) is 1. The number of carbonyl (C=O) groups excluding carboxylic acids is 1. The highest BCUT2D eigenvalue weighted by Crippen LogP contribution is 2.46. The average molecular weight is 471 g/mol. The molecule has 0 bridgehead atoms. The first-order chi connectivity index (χ1) is 16.0. The van der Waals surface area contributed by atoms with Crippen LogP contribution in [0.2, 0.25) is 0 Å². The summed E-state index contributed by atoms with van der Waals surface area (Å²) in [6, 6.07) is 9.37. The van der Waals surface area contributed by atoms with Crippen molar-refractivity contribution in [1.82, 2.24) is 4.90 Å². The third-order valence-electron chi connectivity index (χ3n) is 6.19. The van der Waals surface area contributed by atoms with Gasteiger partial charge in [0.05, 0.1) is 5.75 Å². The van der Waals surface area contributed by atoms with E-state index in [1.165, 1.54) is 42.4 Å². The van der Waals surface area contributed by atoms with Crippen molar-refractivity contribution < 1.29 is 4.79 Å². The Morgan fingerprint density at radius 3 is 2.36 bits per heavy atom. The van der Waals surface area contributed by atoms with Gasteiger partial charge in [-0.15, -0.1) is 0 Å². The molecule has 3 nitrogen and oxygen atoms in total. The SMILES string of the molecule is C=CC=C.CCCC.CCCN1CC(CSCC(C)=O)CC2c3ccccc3/C(=C\N)CC21. The van der Waals surface area contributed by atoms with Crippen molar-refractivity contribution in [2.75, 3.05) is 24.6 Å². The topological polar surface area (TPSA) is 46.3 Å². The minimum atomic E-state index is 0.282. The number of unbranched alkanes of at least 4 members (excludes halogenated alkanes) is 1. The molecule has 1 aliphatic carbocycles. The van der Waals surface area contributed by atoms with Gasteiger partial charge in [-0.3, -0.25) is 9.69 Å². The molecule has 3 atom stereocenters. The molecule has 2 N–H and O–H groups in total. The van der Waals surface area contributed by atoms with Gasteiger partial charge in [-0.1, -0.05) is 83.2 Å². The number of hydrogen-bond acceptors (Lipinski definition) is 4. The smallest absolute Gasteiger partial charge is 0.139 e. The van der Waals surface area contributed by atoms with Crippen LogP contribution in [0.1, 0.15) is 76.8 Å². The molecule has 0 saturated carbocycles. The highest BCUT2D eigenvalue weighted by Gasteiger charge is 2.40. The Hall–Kier alpha value is -1.78. The Bertz CT molecular complexity index is 750. The molecule has 1 fully saturated rings. The maximum atomic E-state index is 11.3. The number of piperidine rings is 1.